The fourth-order valence-corrected chi connectivity index (χ4v) is 3.03. The molecule has 101 valence electrons. The van der Waals surface area contributed by atoms with Crippen molar-refractivity contribution >= 4 is 11.6 Å². The molecular formula is C14H13F3NO. The first-order valence-corrected chi connectivity index (χ1v) is 6.28. The number of amides is 1. The van der Waals surface area contributed by atoms with E-state index in [1.165, 1.54) is 4.90 Å². The van der Waals surface area contributed by atoms with Crippen LogP contribution in [0.15, 0.2) is 24.3 Å². The van der Waals surface area contributed by atoms with E-state index >= 15 is 0 Å². The Morgan fingerprint density at radius 3 is 2.74 bits per heavy atom. The number of carbonyl (C=O) groups is 1. The second-order valence-electron chi connectivity index (χ2n) is 5.10. The Bertz CT molecular complexity index is 512. The third kappa shape index (κ3) is 2.22. The van der Waals surface area contributed by atoms with Crippen LogP contribution in [-0.4, -0.2) is 18.1 Å². The fraction of sp³-hybridized carbons (Fsp3) is 0.429. The predicted molar refractivity (Wildman–Crippen MR) is 64.5 cm³/mol. The molecule has 0 aliphatic carbocycles. The van der Waals surface area contributed by atoms with Gasteiger partial charge in [-0.3, -0.25) is 4.79 Å². The Labute approximate surface area is 109 Å². The third-order valence-electron chi connectivity index (χ3n) is 3.82. The minimum atomic E-state index is -4.18. The van der Waals surface area contributed by atoms with E-state index in [1.54, 1.807) is 18.6 Å². The Morgan fingerprint density at radius 1 is 1.26 bits per heavy atom. The molecule has 2 heterocycles. The van der Waals surface area contributed by atoms with Crippen molar-refractivity contribution < 1.29 is 18.0 Å². The molecule has 2 unspecified atom stereocenters. The van der Waals surface area contributed by atoms with Gasteiger partial charge in [0, 0.05) is 31.0 Å². The highest BCUT2D eigenvalue weighted by Gasteiger charge is 2.45. The van der Waals surface area contributed by atoms with Gasteiger partial charge in [-0.25, -0.2) is 0 Å². The van der Waals surface area contributed by atoms with Crippen LogP contribution in [0.2, 0.25) is 0 Å². The van der Waals surface area contributed by atoms with Crippen molar-refractivity contribution in [3.05, 3.63) is 36.2 Å². The van der Waals surface area contributed by atoms with E-state index in [0.717, 1.165) is 11.3 Å². The summed E-state index contributed by atoms with van der Waals surface area (Å²) in [6.07, 6.45) is -2.71. The van der Waals surface area contributed by atoms with Gasteiger partial charge < -0.3 is 4.90 Å². The van der Waals surface area contributed by atoms with Gasteiger partial charge in [0.05, 0.1) is 0 Å². The topological polar surface area (TPSA) is 20.3 Å². The van der Waals surface area contributed by atoms with Crippen molar-refractivity contribution in [2.24, 2.45) is 5.92 Å². The number of piperidine rings is 1. The van der Waals surface area contributed by atoms with Gasteiger partial charge in [0.25, 0.3) is 0 Å². The predicted octanol–water partition coefficient (Wildman–Crippen LogP) is 3.32. The lowest BCUT2D eigenvalue weighted by atomic mass is 9.85. The summed E-state index contributed by atoms with van der Waals surface area (Å²) in [7, 11) is 0. The Kier molecular flexibility index (Phi) is 2.80. The molecule has 0 spiro atoms. The molecule has 1 radical (unpaired) electrons. The lowest BCUT2D eigenvalue weighted by molar-refractivity contribution is -0.149. The van der Waals surface area contributed by atoms with Gasteiger partial charge in [-0.15, -0.1) is 0 Å². The Morgan fingerprint density at radius 2 is 2.00 bits per heavy atom. The summed E-state index contributed by atoms with van der Waals surface area (Å²) in [5.74, 6) is -0.616. The summed E-state index contributed by atoms with van der Waals surface area (Å²) in [6, 6.07) is 6.82. The molecule has 2 atom stereocenters. The normalized spacial score (nSPS) is 26.3. The molecule has 1 aromatic carbocycles. The summed E-state index contributed by atoms with van der Waals surface area (Å²) in [6.45, 7) is 0. The third-order valence-corrected chi connectivity index (χ3v) is 3.82. The SMILES string of the molecule is O=C1CCC(CC(F)(F)F)C2[CH]c3ccccc3N12. The minimum absolute atomic E-state index is 0.0791. The molecule has 5 heteroatoms. The van der Waals surface area contributed by atoms with Crippen molar-refractivity contribution in [1.82, 2.24) is 0 Å². The fourth-order valence-electron chi connectivity index (χ4n) is 3.03. The zero-order valence-electron chi connectivity index (χ0n) is 10.2. The van der Waals surface area contributed by atoms with Gasteiger partial charge in [0.15, 0.2) is 0 Å². The molecule has 0 bridgehead atoms. The number of rotatable bonds is 1. The molecule has 0 saturated carbocycles. The smallest absolute Gasteiger partial charge is 0.308 e. The monoisotopic (exact) mass is 268 g/mol. The van der Waals surface area contributed by atoms with Crippen molar-refractivity contribution in [1.29, 1.82) is 0 Å². The van der Waals surface area contributed by atoms with Crippen LogP contribution in [-0.2, 0) is 4.79 Å². The van der Waals surface area contributed by atoms with Crippen molar-refractivity contribution in [2.45, 2.75) is 31.5 Å². The summed E-state index contributed by atoms with van der Waals surface area (Å²) in [5.41, 5.74) is 1.60. The van der Waals surface area contributed by atoms with E-state index in [0.29, 0.717) is 6.42 Å². The van der Waals surface area contributed by atoms with Crippen LogP contribution >= 0.6 is 0 Å². The first kappa shape index (κ1) is 12.5. The van der Waals surface area contributed by atoms with E-state index in [4.69, 9.17) is 0 Å². The molecule has 2 aliphatic heterocycles. The van der Waals surface area contributed by atoms with Crippen molar-refractivity contribution in [3.63, 3.8) is 0 Å². The number of halogens is 3. The molecule has 1 aromatic rings. The largest absolute Gasteiger partial charge is 0.389 e. The number of nitrogens with zero attached hydrogens (tertiary/aromatic N) is 1. The van der Waals surface area contributed by atoms with E-state index in [-0.39, 0.29) is 12.3 Å². The average molecular weight is 268 g/mol. The van der Waals surface area contributed by atoms with Crippen molar-refractivity contribution in [3.8, 4) is 0 Å². The van der Waals surface area contributed by atoms with Crippen LogP contribution in [0.1, 0.15) is 24.8 Å². The molecule has 2 aliphatic rings. The number of carbonyl (C=O) groups excluding carboxylic acids is 1. The molecular weight excluding hydrogens is 255 g/mol. The number of benzene rings is 1. The number of fused-ring (bicyclic) bond motifs is 3. The number of hydrogen-bond acceptors (Lipinski definition) is 1. The maximum atomic E-state index is 12.6. The first-order valence-electron chi connectivity index (χ1n) is 6.28. The second kappa shape index (κ2) is 4.25. The molecule has 19 heavy (non-hydrogen) atoms. The standard InChI is InChI=1S/C14H13F3NO/c15-14(16,17)8-10-5-6-13(19)18-11-4-2-1-3-9(11)7-12(10)18/h1-4,7,10,12H,5-6,8H2. The highest BCUT2D eigenvalue weighted by Crippen LogP contribution is 2.44. The van der Waals surface area contributed by atoms with E-state index in [9.17, 15) is 18.0 Å². The molecule has 0 N–H and O–H groups in total. The molecule has 0 aromatic heterocycles. The first-order chi connectivity index (χ1) is 8.96. The summed E-state index contributed by atoms with van der Waals surface area (Å²) < 4.78 is 37.8. The Balaban J connectivity index is 1.90. The van der Waals surface area contributed by atoms with Crippen LogP contribution in [0.4, 0.5) is 18.9 Å². The molecule has 1 fully saturated rings. The summed E-state index contributed by atoms with van der Waals surface area (Å²) in [5, 5.41) is 0. The summed E-state index contributed by atoms with van der Waals surface area (Å²) >= 11 is 0. The van der Waals surface area contributed by atoms with Gasteiger partial charge in [-0.1, -0.05) is 18.2 Å². The van der Waals surface area contributed by atoms with Gasteiger partial charge in [0.1, 0.15) is 0 Å². The van der Waals surface area contributed by atoms with Crippen LogP contribution in [0.3, 0.4) is 0 Å². The van der Waals surface area contributed by atoms with Crippen LogP contribution in [0, 0.1) is 12.3 Å². The molecule has 1 amide bonds. The minimum Gasteiger partial charge on any atom is -0.308 e. The lowest BCUT2D eigenvalue weighted by Crippen LogP contribution is -2.47. The zero-order valence-corrected chi connectivity index (χ0v) is 10.2. The maximum absolute atomic E-state index is 12.6. The highest BCUT2D eigenvalue weighted by atomic mass is 19.4. The molecule has 2 nitrogen and oxygen atoms in total. The highest BCUT2D eigenvalue weighted by molar-refractivity contribution is 5.98. The van der Waals surface area contributed by atoms with Gasteiger partial charge in [0.2, 0.25) is 5.91 Å². The zero-order chi connectivity index (χ0) is 13.6. The number of para-hydroxylation sites is 1. The number of hydrogen-bond donors (Lipinski definition) is 0. The van der Waals surface area contributed by atoms with Crippen LogP contribution in [0.25, 0.3) is 0 Å². The van der Waals surface area contributed by atoms with Gasteiger partial charge in [-0.2, -0.15) is 13.2 Å². The Hall–Kier alpha value is -1.52. The number of anilines is 1. The summed E-state index contributed by atoms with van der Waals surface area (Å²) in [4.78, 5) is 13.5. The van der Waals surface area contributed by atoms with Crippen LogP contribution in [0.5, 0.6) is 0 Å². The quantitative estimate of drug-likeness (QED) is 0.765. The maximum Gasteiger partial charge on any atom is 0.389 e. The van der Waals surface area contributed by atoms with Crippen LogP contribution < -0.4 is 4.90 Å². The van der Waals surface area contributed by atoms with E-state index in [2.05, 4.69) is 0 Å². The average Bonchev–Trinajstić information content (AvgIpc) is 2.71. The lowest BCUT2D eigenvalue weighted by Gasteiger charge is -2.37. The van der Waals surface area contributed by atoms with Gasteiger partial charge in [-0.05, 0) is 24.0 Å². The number of alkyl halides is 3. The van der Waals surface area contributed by atoms with E-state index in [1.807, 2.05) is 12.1 Å². The van der Waals surface area contributed by atoms with E-state index < -0.39 is 24.6 Å². The van der Waals surface area contributed by atoms with Gasteiger partial charge >= 0.3 is 6.18 Å². The van der Waals surface area contributed by atoms with Crippen molar-refractivity contribution in [2.75, 3.05) is 4.90 Å². The second-order valence-corrected chi connectivity index (χ2v) is 5.10. The molecule has 3 rings (SSSR count). The molecule has 1 saturated heterocycles.